The van der Waals surface area contributed by atoms with Crippen molar-refractivity contribution in [2.75, 3.05) is 0 Å². The van der Waals surface area contributed by atoms with Gasteiger partial charge in [-0.1, -0.05) is 18.2 Å². The number of aliphatic imine (C=N–C) groups is 1. The van der Waals surface area contributed by atoms with E-state index < -0.39 is 5.54 Å². The van der Waals surface area contributed by atoms with E-state index in [0.29, 0.717) is 5.88 Å². The van der Waals surface area contributed by atoms with Gasteiger partial charge in [0.05, 0.1) is 11.8 Å². The summed E-state index contributed by atoms with van der Waals surface area (Å²) in [6.45, 7) is 0. The number of rotatable bonds is 0. The molecule has 1 aromatic carbocycles. The quantitative estimate of drug-likeness (QED) is 0.793. The molecule has 2 N–H and O–H groups in total. The Kier molecular flexibility index (Phi) is 2.12. The smallest absolute Gasteiger partial charge is 0.288 e. The van der Waals surface area contributed by atoms with Crippen LogP contribution in [0.4, 0.5) is 0 Å². The molecule has 0 radical (unpaired) electrons. The van der Waals surface area contributed by atoms with E-state index >= 15 is 0 Å². The fourth-order valence-corrected chi connectivity index (χ4v) is 2.62. The molecule has 1 aromatic heterocycles. The van der Waals surface area contributed by atoms with E-state index in [1.165, 1.54) is 0 Å². The number of ether oxygens (including phenoxy) is 2. The molecule has 5 heteroatoms. The molecule has 0 amide bonds. The Morgan fingerprint density at radius 2 is 1.90 bits per heavy atom. The Morgan fingerprint density at radius 3 is 2.80 bits per heavy atom. The van der Waals surface area contributed by atoms with Crippen LogP contribution in [0.5, 0.6) is 11.6 Å². The van der Waals surface area contributed by atoms with Crippen molar-refractivity contribution in [1.82, 2.24) is 4.98 Å². The van der Waals surface area contributed by atoms with Crippen molar-refractivity contribution in [2.24, 2.45) is 10.7 Å². The normalized spacial score (nSPS) is 22.3. The highest BCUT2D eigenvalue weighted by Gasteiger charge is 2.42. The predicted octanol–water partition coefficient (Wildman–Crippen LogP) is 2.29. The molecule has 2 aliphatic heterocycles. The van der Waals surface area contributed by atoms with Crippen molar-refractivity contribution < 1.29 is 9.47 Å². The van der Waals surface area contributed by atoms with Gasteiger partial charge in [-0.15, -0.1) is 0 Å². The Morgan fingerprint density at radius 1 is 1.05 bits per heavy atom. The second kappa shape index (κ2) is 3.84. The van der Waals surface area contributed by atoms with Gasteiger partial charge >= 0.3 is 0 Å². The zero-order valence-electron chi connectivity index (χ0n) is 10.5. The van der Waals surface area contributed by atoms with Gasteiger partial charge in [-0.05, 0) is 24.3 Å². The van der Waals surface area contributed by atoms with E-state index in [9.17, 15) is 0 Å². The summed E-state index contributed by atoms with van der Waals surface area (Å²) in [5, 5.41) is 0. The lowest BCUT2D eigenvalue weighted by molar-refractivity contribution is 0.381. The lowest BCUT2D eigenvalue weighted by atomic mass is 9.81. The van der Waals surface area contributed by atoms with Crippen LogP contribution in [0.3, 0.4) is 0 Å². The Labute approximate surface area is 115 Å². The number of aromatic nitrogens is 1. The van der Waals surface area contributed by atoms with Crippen LogP contribution in [0.15, 0.2) is 59.9 Å². The maximum atomic E-state index is 5.84. The third-order valence-electron chi connectivity index (χ3n) is 3.47. The Hall–Kier alpha value is -2.82. The summed E-state index contributed by atoms with van der Waals surface area (Å²) in [5.41, 5.74) is 6.80. The van der Waals surface area contributed by atoms with Gasteiger partial charge in [-0.2, -0.15) is 0 Å². The van der Waals surface area contributed by atoms with E-state index in [-0.39, 0.29) is 6.02 Å². The topological polar surface area (TPSA) is 69.7 Å². The van der Waals surface area contributed by atoms with Gasteiger partial charge in [0.25, 0.3) is 6.02 Å². The third kappa shape index (κ3) is 1.37. The van der Waals surface area contributed by atoms with Crippen molar-refractivity contribution >= 4 is 6.02 Å². The number of pyridine rings is 1. The van der Waals surface area contributed by atoms with E-state index in [0.717, 1.165) is 16.9 Å². The number of nitrogens with zero attached hydrogens (tertiary/aromatic N) is 2. The predicted molar refractivity (Wildman–Crippen MR) is 73.4 cm³/mol. The first-order valence-electron chi connectivity index (χ1n) is 6.22. The molecule has 5 nitrogen and oxygen atoms in total. The first-order chi connectivity index (χ1) is 9.79. The molecule has 98 valence electrons. The minimum atomic E-state index is -0.735. The monoisotopic (exact) mass is 265 g/mol. The van der Waals surface area contributed by atoms with E-state index in [2.05, 4.69) is 9.98 Å². The average Bonchev–Trinajstić information content (AvgIpc) is 2.48. The number of hydrogen-bond acceptors (Lipinski definition) is 5. The fourth-order valence-electron chi connectivity index (χ4n) is 2.62. The number of para-hydroxylation sites is 1. The average molecular weight is 265 g/mol. The molecule has 1 spiro atoms. The molecule has 0 saturated heterocycles. The van der Waals surface area contributed by atoms with Crippen molar-refractivity contribution in [2.45, 2.75) is 5.54 Å². The zero-order valence-corrected chi connectivity index (χ0v) is 10.5. The van der Waals surface area contributed by atoms with Gasteiger partial charge < -0.3 is 15.2 Å². The first kappa shape index (κ1) is 11.0. The lowest BCUT2D eigenvalue weighted by Gasteiger charge is -2.35. The van der Waals surface area contributed by atoms with Crippen LogP contribution in [-0.4, -0.2) is 11.0 Å². The van der Waals surface area contributed by atoms with Gasteiger partial charge in [0, 0.05) is 11.8 Å². The van der Waals surface area contributed by atoms with Crippen molar-refractivity contribution in [3.63, 3.8) is 0 Å². The van der Waals surface area contributed by atoms with Gasteiger partial charge in [-0.3, -0.25) is 0 Å². The van der Waals surface area contributed by atoms with Crippen LogP contribution in [-0.2, 0) is 10.3 Å². The third-order valence-corrected chi connectivity index (χ3v) is 3.47. The van der Waals surface area contributed by atoms with Crippen molar-refractivity contribution in [1.29, 1.82) is 0 Å². The minimum Gasteiger partial charge on any atom is -0.438 e. The molecule has 0 fully saturated rings. The maximum Gasteiger partial charge on any atom is 0.288 e. The maximum absolute atomic E-state index is 5.84. The molecule has 0 saturated carbocycles. The Balaban J connectivity index is 2.07. The minimum absolute atomic E-state index is 0.124. The van der Waals surface area contributed by atoms with Crippen LogP contribution < -0.4 is 10.5 Å². The molecule has 2 aromatic rings. The zero-order chi connectivity index (χ0) is 13.6. The summed E-state index contributed by atoms with van der Waals surface area (Å²) in [6.07, 6.45) is 5.11. The van der Waals surface area contributed by atoms with Crippen molar-refractivity contribution in [3.05, 3.63) is 66.1 Å². The highest BCUT2D eigenvalue weighted by Crippen LogP contribution is 2.49. The summed E-state index contributed by atoms with van der Waals surface area (Å²) in [5.74, 6) is 1.26. The highest BCUT2D eigenvalue weighted by molar-refractivity contribution is 5.76. The molecule has 1 atom stereocenters. The van der Waals surface area contributed by atoms with Crippen molar-refractivity contribution in [3.8, 4) is 11.6 Å². The number of amidine groups is 1. The second-order valence-electron chi connectivity index (χ2n) is 4.59. The molecule has 20 heavy (non-hydrogen) atoms. The number of nitrogens with two attached hydrogens (primary N) is 1. The van der Waals surface area contributed by atoms with E-state index in [1.807, 2.05) is 42.5 Å². The van der Waals surface area contributed by atoms with Crippen LogP contribution in [0, 0.1) is 0 Å². The summed E-state index contributed by atoms with van der Waals surface area (Å²) in [4.78, 5) is 8.81. The fraction of sp³-hybridized carbons (Fsp3) is 0.0667. The van der Waals surface area contributed by atoms with Crippen LogP contribution in [0.1, 0.15) is 11.1 Å². The summed E-state index contributed by atoms with van der Waals surface area (Å²) >= 11 is 0. The molecular formula is C15H11N3O2. The summed E-state index contributed by atoms with van der Waals surface area (Å²) < 4.78 is 11.0. The number of hydrogen-bond donors (Lipinski definition) is 1. The molecule has 0 bridgehead atoms. The van der Waals surface area contributed by atoms with Gasteiger partial charge in [0.1, 0.15) is 11.3 Å². The van der Waals surface area contributed by atoms with Crippen LogP contribution in [0.2, 0.25) is 0 Å². The molecule has 2 aliphatic rings. The second-order valence-corrected chi connectivity index (χ2v) is 4.59. The largest absolute Gasteiger partial charge is 0.438 e. The molecule has 3 heterocycles. The van der Waals surface area contributed by atoms with Crippen LogP contribution in [0.25, 0.3) is 0 Å². The van der Waals surface area contributed by atoms with Gasteiger partial charge in [0.15, 0.2) is 0 Å². The summed E-state index contributed by atoms with van der Waals surface area (Å²) in [7, 11) is 0. The SMILES string of the molecule is NC1=NC2(C=CO1)c1ccccc1Oc1ncccc12. The first-order valence-corrected chi connectivity index (χ1v) is 6.22. The highest BCUT2D eigenvalue weighted by atomic mass is 16.5. The molecule has 0 aliphatic carbocycles. The molecular weight excluding hydrogens is 254 g/mol. The molecule has 1 unspecified atom stereocenters. The van der Waals surface area contributed by atoms with Gasteiger partial charge in [-0.25, -0.2) is 9.98 Å². The van der Waals surface area contributed by atoms with Gasteiger partial charge in [0.2, 0.25) is 5.88 Å². The Bertz CT molecular complexity index is 707. The van der Waals surface area contributed by atoms with E-state index in [1.54, 1.807) is 12.5 Å². The van der Waals surface area contributed by atoms with Crippen LogP contribution >= 0.6 is 0 Å². The summed E-state index contributed by atoms with van der Waals surface area (Å²) in [6, 6.07) is 11.6. The number of fused-ring (bicyclic) bond motifs is 4. The molecule has 4 rings (SSSR count). The number of benzene rings is 1. The lowest BCUT2D eigenvalue weighted by Crippen LogP contribution is -2.33. The van der Waals surface area contributed by atoms with E-state index in [4.69, 9.17) is 15.2 Å². The standard InChI is InChI=1S/C15H11N3O2/c16-14-18-15(7-9-19-14)10-4-1-2-6-12(10)20-13-11(15)5-3-8-17-13/h1-9H,(H2,16,18).